The van der Waals surface area contributed by atoms with Crippen molar-refractivity contribution >= 4 is 17.9 Å². The molecule has 0 unspecified atom stereocenters. The Hall–Kier alpha value is -2.57. The molecule has 40 heavy (non-hydrogen) atoms. The predicted octanol–water partition coefficient (Wildman–Crippen LogP) is 6.94. The van der Waals surface area contributed by atoms with Gasteiger partial charge < -0.3 is 15.3 Å². The molecule has 3 rings (SSSR count). The fourth-order valence-corrected chi connectivity index (χ4v) is 6.59. The molecule has 0 bridgehead atoms. The largest absolute Gasteiger partial charge is 0.465 e. The minimum absolute atomic E-state index is 0.0977. The average molecular weight is 556 g/mol. The van der Waals surface area contributed by atoms with Crippen LogP contribution in [-0.4, -0.2) is 64.0 Å². The highest BCUT2D eigenvalue weighted by atomic mass is 16.4. The maximum Gasteiger partial charge on any atom is 0.408 e. The lowest BCUT2D eigenvalue weighted by atomic mass is 9.86. The number of nitrogens with zero attached hydrogens (tertiary/aromatic N) is 2. The van der Waals surface area contributed by atoms with Gasteiger partial charge in [-0.25, -0.2) is 4.79 Å². The maximum atomic E-state index is 14.0. The van der Waals surface area contributed by atoms with Crippen molar-refractivity contribution in [2.24, 2.45) is 0 Å². The topological polar surface area (TPSA) is 90.0 Å². The first kappa shape index (κ1) is 32.0. The molecule has 0 radical (unpaired) electrons. The number of carbonyl (C=O) groups excluding carboxylic acids is 2. The van der Waals surface area contributed by atoms with Gasteiger partial charge in [0.05, 0.1) is 0 Å². The lowest BCUT2D eigenvalue weighted by Gasteiger charge is -2.40. The van der Waals surface area contributed by atoms with Crippen LogP contribution in [0.25, 0.3) is 0 Å². The molecule has 1 aromatic carbocycles. The molecule has 2 saturated heterocycles. The number of carbonyl (C=O) groups is 3. The van der Waals surface area contributed by atoms with Crippen LogP contribution in [0.1, 0.15) is 122 Å². The van der Waals surface area contributed by atoms with Crippen molar-refractivity contribution in [1.82, 2.24) is 15.1 Å². The SMILES string of the molecule is CCCCCCCCCCCCCCCNC(=O)[C@@H]1CCCN1C(=O)[C@@]1(Cc2ccccc2)CCCN1C(=O)O. The van der Waals surface area contributed by atoms with Gasteiger partial charge in [-0.2, -0.15) is 0 Å². The Morgan fingerprint density at radius 2 is 1.45 bits per heavy atom. The van der Waals surface area contributed by atoms with Crippen molar-refractivity contribution < 1.29 is 19.5 Å². The summed E-state index contributed by atoms with van der Waals surface area (Å²) in [6, 6.07) is 9.11. The highest BCUT2D eigenvalue weighted by Gasteiger charge is 2.53. The number of benzene rings is 1. The van der Waals surface area contributed by atoms with Crippen LogP contribution in [0.15, 0.2) is 30.3 Å². The van der Waals surface area contributed by atoms with E-state index in [1.165, 1.54) is 75.5 Å². The first-order valence-corrected chi connectivity index (χ1v) is 16.1. The first-order valence-electron chi connectivity index (χ1n) is 16.1. The van der Waals surface area contributed by atoms with Crippen molar-refractivity contribution in [2.45, 2.75) is 134 Å². The number of unbranched alkanes of at least 4 members (excludes halogenated alkanes) is 12. The minimum atomic E-state index is -1.15. The zero-order valence-corrected chi connectivity index (χ0v) is 24.9. The molecule has 2 aliphatic rings. The van der Waals surface area contributed by atoms with E-state index in [1.807, 2.05) is 30.3 Å². The summed E-state index contributed by atoms with van der Waals surface area (Å²) in [6.07, 6.45) is 18.5. The van der Waals surface area contributed by atoms with Crippen LogP contribution < -0.4 is 5.32 Å². The molecule has 0 spiro atoms. The fraction of sp³-hybridized carbons (Fsp3) is 0.727. The van der Waals surface area contributed by atoms with Gasteiger partial charge in [0.1, 0.15) is 11.6 Å². The molecule has 1 aromatic rings. The third-order valence-corrected chi connectivity index (χ3v) is 8.85. The van der Waals surface area contributed by atoms with Crippen LogP contribution in [0.3, 0.4) is 0 Å². The normalized spacial score (nSPS) is 20.7. The molecule has 224 valence electrons. The molecular formula is C33H53N3O4. The van der Waals surface area contributed by atoms with E-state index in [1.54, 1.807) is 4.90 Å². The molecule has 2 aliphatic heterocycles. The number of likely N-dealkylation sites (tertiary alicyclic amines) is 2. The molecule has 7 nitrogen and oxygen atoms in total. The highest BCUT2D eigenvalue weighted by Crippen LogP contribution is 2.37. The number of amides is 3. The second-order valence-corrected chi connectivity index (χ2v) is 11.9. The Balaban J connectivity index is 1.40. The lowest BCUT2D eigenvalue weighted by Crippen LogP contribution is -2.61. The Labute approximate surface area is 242 Å². The van der Waals surface area contributed by atoms with Crippen molar-refractivity contribution in [1.29, 1.82) is 0 Å². The van der Waals surface area contributed by atoms with Gasteiger partial charge in [-0.3, -0.25) is 14.5 Å². The van der Waals surface area contributed by atoms with E-state index in [0.29, 0.717) is 45.3 Å². The molecule has 3 amide bonds. The van der Waals surface area contributed by atoms with Gasteiger partial charge in [0, 0.05) is 26.1 Å². The van der Waals surface area contributed by atoms with E-state index >= 15 is 0 Å². The number of nitrogens with one attached hydrogen (secondary N) is 1. The van der Waals surface area contributed by atoms with Crippen LogP contribution in [0.4, 0.5) is 4.79 Å². The van der Waals surface area contributed by atoms with Gasteiger partial charge in [0.15, 0.2) is 0 Å². The predicted molar refractivity (Wildman–Crippen MR) is 160 cm³/mol. The third kappa shape index (κ3) is 9.24. The number of carboxylic acid groups (broad SMARTS) is 1. The van der Waals surface area contributed by atoms with Crippen molar-refractivity contribution in [3.05, 3.63) is 35.9 Å². The van der Waals surface area contributed by atoms with Crippen molar-refractivity contribution in [3.63, 3.8) is 0 Å². The zero-order chi connectivity index (χ0) is 28.6. The van der Waals surface area contributed by atoms with Crippen LogP contribution in [0, 0.1) is 0 Å². The zero-order valence-electron chi connectivity index (χ0n) is 24.9. The molecule has 2 N–H and O–H groups in total. The Morgan fingerprint density at radius 1 is 0.850 bits per heavy atom. The highest BCUT2D eigenvalue weighted by molar-refractivity contribution is 5.95. The van der Waals surface area contributed by atoms with Gasteiger partial charge in [-0.1, -0.05) is 114 Å². The summed E-state index contributed by atoms with van der Waals surface area (Å²) in [5, 5.41) is 13.0. The molecular weight excluding hydrogens is 502 g/mol. The molecule has 2 fully saturated rings. The summed E-state index contributed by atoms with van der Waals surface area (Å²) in [4.78, 5) is 42.4. The number of hydrogen-bond donors (Lipinski definition) is 2. The molecule has 0 aliphatic carbocycles. The van der Waals surface area contributed by atoms with Gasteiger partial charge in [-0.15, -0.1) is 0 Å². The van der Waals surface area contributed by atoms with Crippen molar-refractivity contribution in [3.8, 4) is 0 Å². The molecule has 2 atom stereocenters. The Bertz CT molecular complexity index is 908. The second-order valence-electron chi connectivity index (χ2n) is 11.9. The van der Waals surface area contributed by atoms with E-state index in [0.717, 1.165) is 24.8 Å². The Morgan fingerprint density at radius 3 is 2.05 bits per heavy atom. The van der Waals surface area contributed by atoms with Crippen LogP contribution in [0.2, 0.25) is 0 Å². The average Bonchev–Trinajstić information content (AvgIpc) is 3.62. The van der Waals surface area contributed by atoms with Crippen LogP contribution in [0.5, 0.6) is 0 Å². The molecule has 2 heterocycles. The maximum absolute atomic E-state index is 14.0. The van der Waals surface area contributed by atoms with Crippen LogP contribution in [-0.2, 0) is 16.0 Å². The van der Waals surface area contributed by atoms with E-state index in [4.69, 9.17) is 0 Å². The van der Waals surface area contributed by atoms with Gasteiger partial charge in [0.25, 0.3) is 0 Å². The van der Waals surface area contributed by atoms with E-state index in [9.17, 15) is 19.5 Å². The fourth-order valence-electron chi connectivity index (χ4n) is 6.59. The number of rotatable bonds is 18. The van der Waals surface area contributed by atoms with E-state index in [2.05, 4.69) is 12.2 Å². The summed E-state index contributed by atoms with van der Waals surface area (Å²) >= 11 is 0. The summed E-state index contributed by atoms with van der Waals surface area (Å²) in [7, 11) is 0. The lowest BCUT2D eigenvalue weighted by molar-refractivity contribution is -0.146. The minimum Gasteiger partial charge on any atom is -0.465 e. The smallest absolute Gasteiger partial charge is 0.408 e. The van der Waals surface area contributed by atoms with E-state index < -0.39 is 17.7 Å². The third-order valence-electron chi connectivity index (χ3n) is 8.85. The number of hydrogen-bond acceptors (Lipinski definition) is 3. The van der Waals surface area contributed by atoms with Crippen LogP contribution >= 0.6 is 0 Å². The monoisotopic (exact) mass is 555 g/mol. The Kier molecular flexibility index (Phi) is 13.8. The molecule has 0 aromatic heterocycles. The second kappa shape index (κ2) is 17.3. The summed E-state index contributed by atoms with van der Waals surface area (Å²) in [6.45, 7) is 3.74. The van der Waals surface area contributed by atoms with Gasteiger partial charge >= 0.3 is 6.09 Å². The van der Waals surface area contributed by atoms with Gasteiger partial charge in [0.2, 0.25) is 11.8 Å². The van der Waals surface area contributed by atoms with Gasteiger partial charge in [-0.05, 0) is 37.7 Å². The molecule has 7 heteroatoms. The van der Waals surface area contributed by atoms with E-state index in [-0.39, 0.29) is 11.8 Å². The summed E-state index contributed by atoms with van der Waals surface area (Å²) < 4.78 is 0. The summed E-state index contributed by atoms with van der Waals surface area (Å²) in [5.41, 5.74) is -0.211. The van der Waals surface area contributed by atoms with Crippen molar-refractivity contribution in [2.75, 3.05) is 19.6 Å². The standard InChI is InChI=1S/C33H53N3O4/c1-2-3-4-5-6-7-8-9-10-11-12-13-17-24-34-30(37)29-22-18-25-35(29)31(38)33(23-19-26-36(33)32(39)40)27-28-20-15-14-16-21-28/h14-16,20-21,29H,2-13,17-19,22-27H2,1H3,(H,34,37)(H,39,40)/t29-,33-/m0/s1. The first-order chi connectivity index (χ1) is 19.5. The molecule has 0 saturated carbocycles. The summed E-state index contributed by atoms with van der Waals surface area (Å²) in [5.74, 6) is -0.311. The quantitative estimate of drug-likeness (QED) is 0.192.